The number of rotatable bonds is 8. The lowest BCUT2D eigenvalue weighted by Crippen LogP contribution is -2.18. The number of sulfonamides is 1. The van der Waals surface area contributed by atoms with Crippen molar-refractivity contribution in [2.75, 3.05) is 13.2 Å². The molecule has 1 aromatic heterocycles. The number of hydrogen-bond acceptors (Lipinski definition) is 4. The van der Waals surface area contributed by atoms with E-state index in [0.717, 1.165) is 6.42 Å². The monoisotopic (exact) mass is 329 g/mol. The molecule has 0 aliphatic carbocycles. The number of nitrogens with zero attached hydrogens (tertiary/aromatic N) is 2. The summed E-state index contributed by atoms with van der Waals surface area (Å²) in [6.07, 6.45) is -1.43. The molecule has 1 aromatic rings. The van der Waals surface area contributed by atoms with E-state index in [1.807, 2.05) is 6.92 Å². The molecule has 21 heavy (non-hydrogen) atoms. The standard InChI is InChI=1S/C11H18F3N3O3S/c1-2-4-9-16-10(21(15,18)19)7-17(9)5-3-6-20-8-11(12,13)14/h7H,2-6,8H2,1H3,(H2,15,18,19). The molecule has 0 aliphatic rings. The Kier molecular flexibility index (Phi) is 6.17. The minimum atomic E-state index is -4.34. The van der Waals surface area contributed by atoms with Gasteiger partial charge in [-0.3, -0.25) is 0 Å². The minimum absolute atomic E-state index is 0.0754. The first kappa shape index (κ1) is 17.9. The highest BCUT2D eigenvalue weighted by molar-refractivity contribution is 7.89. The lowest BCUT2D eigenvalue weighted by Gasteiger charge is -2.09. The van der Waals surface area contributed by atoms with Crippen LogP contribution in [0.2, 0.25) is 0 Å². The van der Waals surface area contributed by atoms with Gasteiger partial charge in [-0.1, -0.05) is 6.92 Å². The fraction of sp³-hybridized carbons (Fsp3) is 0.727. The van der Waals surface area contributed by atoms with Gasteiger partial charge < -0.3 is 9.30 Å². The maximum absolute atomic E-state index is 11.9. The molecule has 0 atom stereocenters. The van der Waals surface area contributed by atoms with E-state index >= 15 is 0 Å². The fourth-order valence-corrected chi connectivity index (χ4v) is 2.21. The Morgan fingerprint density at radius 2 is 2.10 bits per heavy atom. The van der Waals surface area contributed by atoms with Crippen molar-refractivity contribution in [3.63, 3.8) is 0 Å². The van der Waals surface area contributed by atoms with Crippen molar-refractivity contribution in [3.05, 3.63) is 12.0 Å². The average molecular weight is 329 g/mol. The number of ether oxygens (including phenoxy) is 1. The van der Waals surface area contributed by atoms with Crippen molar-refractivity contribution in [1.82, 2.24) is 9.55 Å². The third-order valence-electron chi connectivity index (χ3n) is 2.56. The van der Waals surface area contributed by atoms with Crippen LogP contribution in [0.25, 0.3) is 0 Å². The van der Waals surface area contributed by atoms with E-state index in [1.165, 1.54) is 6.20 Å². The van der Waals surface area contributed by atoms with Crippen LogP contribution in [0.1, 0.15) is 25.6 Å². The van der Waals surface area contributed by atoms with Crippen LogP contribution >= 0.6 is 0 Å². The summed E-state index contributed by atoms with van der Waals surface area (Å²) in [5.41, 5.74) is 0. The molecule has 0 unspecified atom stereocenters. The van der Waals surface area contributed by atoms with Gasteiger partial charge in [0, 0.05) is 25.8 Å². The first-order chi connectivity index (χ1) is 9.63. The fourth-order valence-electron chi connectivity index (χ4n) is 1.71. The second-order valence-corrected chi connectivity index (χ2v) is 6.01. The van der Waals surface area contributed by atoms with Crippen LogP contribution in [0, 0.1) is 0 Å². The van der Waals surface area contributed by atoms with E-state index in [4.69, 9.17) is 5.14 Å². The van der Waals surface area contributed by atoms with E-state index < -0.39 is 22.8 Å². The van der Waals surface area contributed by atoms with Crippen LogP contribution < -0.4 is 5.14 Å². The van der Waals surface area contributed by atoms with Crippen molar-refractivity contribution >= 4 is 10.0 Å². The topological polar surface area (TPSA) is 87.2 Å². The summed E-state index contributed by atoms with van der Waals surface area (Å²) < 4.78 is 64.2. The highest BCUT2D eigenvalue weighted by Gasteiger charge is 2.27. The SMILES string of the molecule is CCCc1nc(S(N)(=O)=O)cn1CCCOCC(F)(F)F. The van der Waals surface area contributed by atoms with Crippen LogP contribution in [-0.2, 0) is 27.7 Å². The molecule has 122 valence electrons. The van der Waals surface area contributed by atoms with E-state index in [2.05, 4.69) is 9.72 Å². The molecule has 10 heteroatoms. The molecule has 0 saturated heterocycles. The Labute approximate surface area is 121 Å². The van der Waals surface area contributed by atoms with Gasteiger partial charge in [-0.05, 0) is 12.8 Å². The molecule has 0 aromatic carbocycles. The maximum Gasteiger partial charge on any atom is 0.411 e. The second kappa shape index (κ2) is 7.23. The molecule has 0 amide bonds. The van der Waals surface area contributed by atoms with Crippen molar-refractivity contribution < 1.29 is 26.3 Å². The predicted octanol–water partition coefficient (Wildman–Crippen LogP) is 1.45. The van der Waals surface area contributed by atoms with Gasteiger partial charge in [0.15, 0.2) is 5.03 Å². The normalized spacial score (nSPS) is 12.8. The zero-order chi connectivity index (χ0) is 16.1. The summed E-state index contributed by atoms with van der Waals surface area (Å²) in [4.78, 5) is 3.94. The molecule has 0 aliphatic heterocycles. The summed E-state index contributed by atoms with van der Waals surface area (Å²) in [5, 5.41) is 4.77. The van der Waals surface area contributed by atoms with Gasteiger partial charge in [-0.2, -0.15) is 13.2 Å². The number of halogens is 3. The molecule has 0 fully saturated rings. The molecular formula is C11H18F3N3O3S. The Balaban J connectivity index is 2.59. The molecule has 2 N–H and O–H groups in total. The van der Waals surface area contributed by atoms with E-state index in [1.54, 1.807) is 4.57 Å². The van der Waals surface area contributed by atoms with E-state index in [0.29, 0.717) is 25.2 Å². The molecular weight excluding hydrogens is 311 g/mol. The number of imidazole rings is 1. The zero-order valence-corrected chi connectivity index (χ0v) is 12.4. The molecule has 0 radical (unpaired) electrons. The van der Waals surface area contributed by atoms with E-state index in [9.17, 15) is 21.6 Å². The Bertz CT molecular complexity index is 555. The Morgan fingerprint density at radius 1 is 1.43 bits per heavy atom. The van der Waals surface area contributed by atoms with Gasteiger partial charge in [0.05, 0.1) is 0 Å². The van der Waals surface area contributed by atoms with Gasteiger partial charge in [-0.15, -0.1) is 0 Å². The molecule has 0 saturated carbocycles. The number of aryl methyl sites for hydroxylation is 2. The summed E-state index contributed by atoms with van der Waals surface area (Å²) in [7, 11) is -3.89. The van der Waals surface area contributed by atoms with Crippen molar-refractivity contribution in [1.29, 1.82) is 0 Å². The highest BCUT2D eigenvalue weighted by atomic mass is 32.2. The van der Waals surface area contributed by atoms with Gasteiger partial charge in [0.2, 0.25) is 0 Å². The zero-order valence-electron chi connectivity index (χ0n) is 11.6. The molecule has 0 bridgehead atoms. The van der Waals surface area contributed by atoms with Gasteiger partial charge in [-0.25, -0.2) is 18.5 Å². The third kappa shape index (κ3) is 6.44. The lowest BCUT2D eigenvalue weighted by molar-refractivity contribution is -0.174. The van der Waals surface area contributed by atoms with Crippen LogP contribution in [0.3, 0.4) is 0 Å². The first-order valence-corrected chi connectivity index (χ1v) is 7.91. The quantitative estimate of drug-likeness (QED) is 0.731. The first-order valence-electron chi connectivity index (χ1n) is 6.37. The average Bonchev–Trinajstić information content (AvgIpc) is 2.71. The summed E-state index contributed by atoms with van der Waals surface area (Å²) in [6, 6.07) is 0. The molecule has 6 nitrogen and oxygen atoms in total. The summed E-state index contributed by atoms with van der Waals surface area (Å²) in [5.74, 6) is 0.539. The van der Waals surface area contributed by atoms with Crippen LogP contribution in [0.5, 0.6) is 0 Å². The second-order valence-electron chi connectivity index (χ2n) is 4.51. The number of nitrogens with two attached hydrogens (primary N) is 1. The predicted molar refractivity (Wildman–Crippen MR) is 69.1 cm³/mol. The summed E-state index contributed by atoms with van der Waals surface area (Å²) in [6.45, 7) is 0.854. The van der Waals surface area contributed by atoms with Crippen LogP contribution in [0.15, 0.2) is 11.2 Å². The maximum atomic E-state index is 11.9. The highest BCUT2D eigenvalue weighted by Crippen LogP contribution is 2.15. The largest absolute Gasteiger partial charge is 0.411 e. The molecule has 0 spiro atoms. The number of hydrogen-bond donors (Lipinski definition) is 1. The van der Waals surface area contributed by atoms with E-state index in [-0.39, 0.29) is 11.6 Å². The van der Waals surface area contributed by atoms with Crippen molar-refractivity contribution in [3.8, 4) is 0 Å². The number of aromatic nitrogens is 2. The van der Waals surface area contributed by atoms with Crippen molar-refractivity contribution in [2.45, 2.75) is 43.9 Å². The van der Waals surface area contributed by atoms with Crippen molar-refractivity contribution in [2.24, 2.45) is 5.14 Å². The Morgan fingerprint density at radius 3 is 2.62 bits per heavy atom. The summed E-state index contributed by atoms with van der Waals surface area (Å²) >= 11 is 0. The van der Waals surface area contributed by atoms with Gasteiger partial charge in [0.25, 0.3) is 10.0 Å². The smallest absolute Gasteiger partial charge is 0.372 e. The van der Waals surface area contributed by atoms with Crippen LogP contribution in [0.4, 0.5) is 13.2 Å². The number of alkyl halides is 3. The van der Waals surface area contributed by atoms with Gasteiger partial charge >= 0.3 is 6.18 Å². The molecule has 1 heterocycles. The molecule has 1 rings (SSSR count). The minimum Gasteiger partial charge on any atom is -0.372 e. The Hall–Kier alpha value is -1.13. The third-order valence-corrected chi connectivity index (χ3v) is 3.34. The lowest BCUT2D eigenvalue weighted by atomic mass is 10.3. The van der Waals surface area contributed by atoms with Crippen LogP contribution in [-0.4, -0.2) is 37.4 Å². The van der Waals surface area contributed by atoms with Gasteiger partial charge in [0.1, 0.15) is 12.4 Å². The number of primary sulfonamides is 1.